The first-order valence-electron chi connectivity index (χ1n) is 6.80. The van der Waals surface area contributed by atoms with Crippen LogP contribution in [-0.2, 0) is 9.47 Å². The van der Waals surface area contributed by atoms with Gasteiger partial charge in [0.2, 0.25) is 0 Å². The molecule has 2 aliphatic heterocycles. The van der Waals surface area contributed by atoms with Gasteiger partial charge >= 0.3 is 0 Å². The zero-order chi connectivity index (χ0) is 15.6. The number of benzene rings is 1. The van der Waals surface area contributed by atoms with Crippen LogP contribution in [0, 0.1) is 39.3 Å². The number of rotatable bonds is 1. The third kappa shape index (κ3) is 1.11. The largest absolute Gasteiger partial charge is 0.386 e. The van der Waals surface area contributed by atoms with Gasteiger partial charge < -0.3 is 15.2 Å². The highest BCUT2D eigenvalue weighted by molar-refractivity contribution is 6.00. The molecule has 1 aromatic carbocycles. The molecule has 0 amide bonds. The molecule has 3 atom stereocenters. The van der Waals surface area contributed by atoms with E-state index in [9.17, 15) is 14.9 Å². The van der Waals surface area contributed by atoms with Gasteiger partial charge in [0.15, 0.2) is 5.41 Å². The van der Waals surface area contributed by atoms with Crippen LogP contribution >= 0.6 is 0 Å². The average molecular weight is 298 g/mol. The van der Waals surface area contributed by atoms with E-state index in [0.717, 1.165) is 0 Å². The Kier molecular flexibility index (Phi) is 2.30. The fourth-order valence-corrected chi connectivity index (χ4v) is 3.87. The lowest BCUT2D eigenvalue weighted by Gasteiger charge is -2.25. The Balaban J connectivity index is 1.92. The summed E-state index contributed by atoms with van der Waals surface area (Å²) >= 11 is 0. The predicted molar refractivity (Wildman–Crippen MR) is 71.5 cm³/mol. The molecule has 0 aromatic heterocycles. The standard InChI is InChI=1S/C15H11FN4O2/c16-10-3-1-9(2-4-10)11-13(7-17)12(19)20-15(14(11,13)8-18)21-5-6-22-15/h1-4,11H,5-6H2,(H2,19,20)/t11-,13+,14+/m1/s1. The molecular formula is C15H11FN4O2. The summed E-state index contributed by atoms with van der Waals surface area (Å²) in [6, 6.07) is 9.98. The summed E-state index contributed by atoms with van der Waals surface area (Å²) in [5.41, 5.74) is 3.98. The van der Waals surface area contributed by atoms with Crippen LogP contribution in [0.3, 0.4) is 0 Å². The van der Waals surface area contributed by atoms with Crippen molar-refractivity contribution in [3.8, 4) is 12.1 Å². The van der Waals surface area contributed by atoms with Crippen molar-refractivity contribution in [3.05, 3.63) is 35.6 Å². The second kappa shape index (κ2) is 3.83. The molecule has 1 aliphatic carbocycles. The van der Waals surface area contributed by atoms with Crippen LogP contribution in [0.15, 0.2) is 29.3 Å². The van der Waals surface area contributed by atoms with Crippen LogP contribution in [0.2, 0.25) is 0 Å². The van der Waals surface area contributed by atoms with Crippen molar-refractivity contribution in [2.45, 2.75) is 11.8 Å². The van der Waals surface area contributed by atoms with Gasteiger partial charge in [0.1, 0.15) is 17.1 Å². The van der Waals surface area contributed by atoms with Crippen molar-refractivity contribution in [2.75, 3.05) is 13.2 Å². The second-order valence-electron chi connectivity index (χ2n) is 5.60. The quantitative estimate of drug-likeness (QED) is 0.833. The van der Waals surface area contributed by atoms with Gasteiger partial charge in [0.05, 0.1) is 25.4 Å². The lowest BCUT2D eigenvalue weighted by Crippen LogP contribution is -2.38. The molecule has 7 heteroatoms. The number of fused-ring (bicyclic) bond motifs is 2. The number of aliphatic imine (C=N–C) groups is 1. The molecule has 0 radical (unpaired) electrons. The molecule has 1 saturated heterocycles. The van der Waals surface area contributed by atoms with Gasteiger partial charge in [-0.15, -0.1) is 0 Å². The third-order valence-electron chi connectivity index (χ3n) is 4.81. The Bertz CT molecular complexity index is 772. The Morgan fingerprint density at radius 3 is 2.36 bits per heavy atom. The Labute approximate surface area is 125 Å². The molecule has 22 heavy (non-hydrogen) atoms. The van der Waals surface area contributed by atoms with Crippen molar-refractivity contribution in [3.63, 3.8) is 0 Å². The minimum atomic E-state index is -1.54. The van der Waals surface area contributed by atoms with Crippen LogP contribution in [0.1, 0.15) is 11.5 Å². The molecule has 0 bridgehead atoms. The molecule has 1 spiro atoms. The van der Waals surface area contributed by atoms with Crippen LogP contribution < -0.4 is 5.73 Å². The lowest BCUT2D eigenvalue weighted by molar-refractivity contribution is -0.184. The number of nitrogens with two attached hydrogens (primary N) is 1. The molecule has 6 nitrogen and oxygen atoms in total. The molecule has 110 valence electrons. The van der Waals surface area contributed by atoms with Gasteiger partial charge in [0, 0.05) is 5.92 Å². The number of amidine groups is 1. The zero-order valence-corrected chi connectivity index (χ0v) is 11.4. The van der Waals surface area contributed by atoms with E-state index in [0.29, 0.717) is 5.56 Å². The predicted octanol–water partition coefficient (Wildman–Crippen LogP) is 1.01. The minimum Gasteiger partial charge on any atom is -0.386 e. The molecular weight excluding hydrogens is 287 g/mol. The van der Waals surface area contributed by atoms with Crippen LogP contribution in [0.4, 0.5) is 4.39 Å². The highest BCUT2D eigenvalue weighted by Crippen LogP contribution is 2.82. The van der Waals surface area contributed by atoms with E-state index in [2.05, 4.69) is 17.1 Å². The molecule has 4 rings (SSSR count). The van der Waals surface area contributed by atoms with Crippen molar-refractivity contribution in [1.82, 2.24) is 0 Å². The van der Waals surface area contributed by atoms with Crippen LogP contribution in [0.25, 0.3) is 0 Å². The summed E-state index contributed by atoms with van der Waals surface area (Å²) in [4.78, 5) is 4.16. The molecule has 1 saturated carbocycles. The SMILES string of the molecule is N#C[C@]12C(N)=NC3(OCCO3)[C@@]1(C#N)[C@@H]2c1ccc(F)cc1. The number of nitriles is 2. The minimum absolute atomic E-state index is 0.0350. The summed E-state index contributed by atoms with van der Waals surface area (Å²) in [5.74, 6) is -2.46. The average Bonchev–Trinajstić information content (AvgIpc) is 2.77. The number of hydrogen-bond acceptors (Lipinski definition) is 6. The Hall–Kier alpha value is -2.48. The molecule has 2 heterocycles. The summed E-state index contributed by atoms with van der Waals surface area (Å²) < 4.78 is 24.3. The topological polar surface area (TPSA) is 104 Å². The van der Waals surface area contributed by atoms with Gasteiger partial charge in [-0.05, 0) is 17.7 Å². The molecule has 3 aliphatic rings. The monoisotopic (exact) mass is 298 g/mol. The van der Waals surface area contributed by atoms with Gasteiger partial charge in [-0.1, -0.05) is 12.1 Å². The number of hydrogen-bond donors (Lipinski definition) is 1. The normalized spacial score (nSPS) is 37.2. The van der Waals surface area contributed by atoms with E-state index in [1.165, 1.54) is 12.1 Å². The van der Waals surface area contributed by atoms with Crippen molar-refractivity contribution < 1.29 is 13.9 Å². The second-order valence-corrected chi connectivity index (χ2v) is 5.60. The van der Waals surface area contributed by atoms with Crippen LogP contribution in [0.5, 0.6) is 0 Å². The van der Waals surface area contributed by atoms with Crippen LogP contribution in [-0.4, -0.2) is 25.0 Å². The van der Waals surface area contributed by atoms with Gasteiger partial charge in [-0.2, -0.15) is 10.5 Å². The number of nitrogens with zero attached hydrogens (tertiary/aromatic N) is 3. The maximum atomic E-state index is 13.2. The first kappa shape index (κ1) is 13.2. The van der Waals surface area contributed by atoms with Crippen molar-refractivity contribution in [1.29, 1.82) is 10.5 Å². The first-order valence-corrected chi connectivity index (χ1v) is 6.80. The highest BCUT2D eigenvalue weighted by atomic mass is 19.1. The fourth-order valence-electron chi connectivity index (χ4n) is 3.87. The van der Waals surface area contributed by atoms with E-state index in [1.807, 2.05) is 0 Å². The number of ether oxygens (including phenoxy) is 2. The van der Waals surface area contributed by atoms with E-state index in [4.69, 9.17) is 15.2 Å². The van der Waals surface area contributed by atoms with Gasteiger partial charge in [-0.3, -0.25) is 0 Å². The summed E-state index contributed by atoms with van der Waals surface area (Å²) in [6.45, 7) is 0.551. The van der Waals surface area contributed by atoms with E-state index in [1.54, 1.807) is 12.1 Å². The Morgan fingerprint density at radius 1 is 1.18 bits per heavy atom. The van der Waals surface area contributed by atoms with Gasteiger partial charge in [-0.25, -0.2) is 9.38 Å². The first-order chi connectivity index (χ1) is 10.6. The number of halogens is 1. The van der Waals surface area contributed by atoms with Crippen molar-refractivity contribution in [2.24, 2.45) is 21.6 Å². The van der Waals surface area contributed by atoms with E-state index in [-0.39, 0.29) is 19.0 Å². The summed E-state index contributed by atoms with van der Waals surface area (Å²) in [5, 5.41) is 19.5. The highest BCUT2D eigenvalue weighted by Gasteiger charge is 2.94. The molecule has 1 aromatic rings. The maximum Gasteiger partial charge on any atom is 0.293 e. The lowest BCUT2D eigenvalue weighted by atomic mass is 9.94. The van der Waals surface area contributed by atoms with Gasteiger partial charge in [0.25, 0.3) is 5.91 Å². The molecule has 2 N–H and O–H groups in total. The molecule has 0 unspecified atom stereocenters. The Morgan fingerprint density at radius 2 is 1.82 bits per heavy atom. The van der Waals surface area contributed by atoms with E-state index >= 15 is 0 Å². The molecule has 2 fully saturated rings. The van der Waals surface area contributed by atoms with E-state index < -0.39 is 28.5 Å². The summed E-state index contributed by atoms with van der Waals surface area (Å²) in [6.07, 6.45) is 0. The van der Waals surface area contributed by atoms with Crippen molar-refractivity contribution >= 4 is 5.84 Å². The zero-order valence-electron chi connectivity index (χ0n) is 11.4. The maximum absolute atomic E-state index is 13.2. The third-order valence-corrected chi connectivity index (χ3v) is 4.81. The smallest absolute Gasteiger partial charge is 0.293 e. The summed E-state index contributed by atoms with van der Waals surface area (Å²) in [7, 11) is 0. The fraction of sp³-hybridized carbons (Fsp3) is 0.400.